The summed E-state index contributed by atoms with van der Waals surface area (Å²) in [6, 6.07) is 11.8. The number of hydrogen-bond acceptors (Lipinski definition) is 7. The highest BCUT2D eigenvalue weighted by Crippen LogP contribution is 2.40. The summed E-state index contributed by atoms with van der Waals surface area (Å²) in [7, 11) is 5.99. The minimum absolute atomic E-state index is 0.182. The van der Waals surface area contributed by atoms with Gasteiger partial charge in [0.1, 0.15) is 16.5 Å². The van der Waals surface area contributed by atoms with Gasteiger partial charge >= 0.3 is 0 Å². The summed E-state index contributed by atoms with van der Waals surface area (Å²) in [4.78, 5) is 22.7. The number of ether oxygens (including phenoxy) is 2. The fourth-order valence-electron chi connectivity index (χ4n) is 4.86. The number of amides is 1. The molecule has 2 aromatic carbocycles. The third kappa shape index (κ3) is 6.62. The quantitative estimate of drug-likeness (QED) is 0.295. The van der Waals surface area contributed by atoms with Crippen molar-refractivity contribution in [3.63, 3.8) is 0 Å². The summed E-state index contributed by atoms with van der Waals surface area (Å²) < 4.78 is 11.7. The number of hydrogen-bond donors (Lipinski definition) is 2. The monoisotopic (exact) mass is 535 g/mol. The summed E-state index contributed by atoms with van der Waals surface area (Å²) in [5.74, 6) is 1.89. The number of halogens is 1. The van der Waals surface area contributed by atoms with Gasteiger partial charge in [-0.1, -0.05) is 24.2 Å². The van der Waals surface area contributed by atoms with Gasteiger partial charge in [-0.15, -0.1) is 0 Å². The first-order valence-electron chi connectivity index (χ1n) is 12.6. The van der Waals surface area contributed by atoms with Crippen molar-refractivity contribution >= 4 is 34.8 Å². The fourth-order valence-corrected chi connectivity index (χ4v) is 4.99. The highest BCUT2D eigenvalue weighted by atomic mass is 35.5. The van der Waals surface area contributed by atoms with Gasteiger partial charge in [0.15, 0.2) is 0 Å². The molecule has 0 unspecified atom stereocenters. The Balaban J connectivity index is 1.52. The van der Waals surface area contributed by atoms with E-state index in [0.717, 1.165) is 11.4 Å². The molecule has 1 aromatic heterocycles. The number of rotatable bonds is 9. The molecule has 8 nitrogen and oxygen atoms in total. The molecule has 1 amide bonds. The molecule has 0 saturated heterocycles. The van der Waals surface area contributed by atoms with Crippen LogP contribution in [-0.4, -0.2) is 48.0 Å². The molecule has 38 heavy (non-hydrogen) atoms. The van der Waals surface area contributed by atoms with Gasteiger partial charge in [0, 0.05) is 17.8 Å². The normalized spacial score (nSPS) is 17.1. The number of aromatic nitrogens is 2. The number of benzene rings is 2. The fraction of sp³-hybridized carbons (Fsp3) is 0.345. The second kappa shape index (κ2) is 12.3. The molecule has 4 rings (SSSR count). The first-order valence-corrected chi connectivity index (χ1v) is 13.0. The molecule has 1 aliphatic carbocycles. The third-order valence-electron chi connectivity index (χ3n) is 6.91. The molecule has 1 aliphatic rings. The predicted molar refractivity (Wildman–Crippen MR) is 152 cm³/mol. The van der Waals surface area contributed by atoms with Gasteiger partial charge < -0.3 is 25.0 Å². The second-order valence-electron chi connectivity index (χ2n) is 9.67. The summed E-state index contributed by atoms with van der Waals surface area (Å²) in [5, 5.41) is 6.21. The van der Waals surface area contributed by atoms with E-state index in [4.69, 9.17) is 21.1 Å². The number of nitrogens with zero attached hydrogens (tertiary/aromatic N) is 3. The maximum atomic E-state index is 11.6. The molecule has 0 radical (unpaired) electrons. The first-order chi connectivity index (χ1) is 18.3. The minimum Gasteiger partial charge on any atom is -0.495 e. The number of aryl methyl sites for hydroxylation is 1. The largest absolute Gasteiger partial charge is 0.495 e. The Kier molecular flexibility index (Phi) is 8.86. The molecule has 2 N–H and O–H groups in total. The van der Waals surface area contributed by atoms with E-state index in [1.807, 2.05) is 0 Å². The third-order valence-corrected chi connectivity index (χ3v) is 7.17. The highest BCUT2D eigenvalue weighted by molar-refractivity contribution is 6.31. The van der Waals surface area contributed by atoms with Crippen molar-refractivity contribution < 1.29 is 14.3 Å². The van der Waals surface area contributed by atoms with E-state index in [-0.39, 0.29) is 16.8 Å². The van der Waals surface area contributed by atoms with Gasteiger partial charge in [0.05, 0.1) is 19.0 Å². The Morgan fingerprint density at radius 1 is 1.18 bits per heavy atom. The summed E-state index contributed by atoms with van der Waals surface area (Å²) in [6.07, 6.45) is 7.41. The van der Waals surface area contributed by atoms with Gasteiger partial charge in [0.25, 0.3) is 0 Å². The van der Waals surface area contributed by atoms with Crippen LogP contribution in [0.15, 0.2) is 55.3 Å². The summed E-state index contributed by atoms with van der Waals surface area (Å²) >= 11 is 6.33. The van der Waals surface area contributed by atoms with E-state index in [2.05, 4.69) is 65.2 Å². The van der Waals surface area contributed by atoms with Crippen LogP contribution >= 0.6 is 11.6 Å². The molecule has 1 fully saturated rings. The zero-order chi connectivity index (χ0) is 27.2. The van der Waals surface area contributed by atoms with Gasteiger partial charge in [0.2, 0.25) is 17.7 Å². The van der Waals surface area contributed by atoms with Crippen LogP contribution in [0.2, 0.25) is 5.02 Å². The Bertz CT molecular complexity index is 1310. The van der Waals surface area contributed by atoms with Crippen molar-refractivity contribution in [2.45, 2.75) is 44.6 Å². The van der Waals surface area contributed by atoms with E-state index in [9.17, 15) is 4.79 Å². The molecule has 0 aliphatic heterocycles. The van der Waals surface area contributed by atoms with E-state index in [1.165, 1.54) is 49.1 Å². The average Bonchev–Trinajstić information content (AvgIpc) is 2.91. The minimum atomic E-state index is -0.315. The Hall–Kier alpha value is -3.62. The number of carbonyl (C=O) groups excluding carboxylic acids is 1. The number of methoxy groups -OCH3 is 1. The Morgan fingerprint density at radius 2 is 1.95 bits per heavy atom. The Morgan fingerprint density at radius 3 is 2.63 bits per heavy atom. The zero-order valence-electron chi connectivity index (χ0n) is 22.3. The van der Waals surface area contributed by atoms with Gasteiger partial charge in [-0.3, -0.25) is 4.79 Å². The molecule has 1 heterocycles. The van der Waals surface area contributed by atoms with Crippen LogP contribution in [0.1, 0.15) is 42.7 Å². The lowest BCUT2D eigenvalue weighted by Crippen LogP contribution is -2.31. The maximum Gasteiger partial charge on any atom is 0.247 e. The van der Waals surface area contributed by atoms with Crippen LogP contribution < -0.4 is 20.1 Å². The summed E-state index contributed by atoms with van der Waals surface area (Å²) in [5.41, 5.74) is 3.85. The molecule has 1 saturated carbocycles. The lowest BCUT2D eigenvalue weighted by atomic mass is 9.80. The van der Waals surface area contributed by atoms with E-state index in [1.54, 1.807) is 31.4 Å². The topological polar surface area (TPSA) is 88.6 Å². The van der Waals surface area contributed by atoms with Gasteiger partial charge in [-0.05, 0) is 94.1 Å². The van der Waals surface area contributed by atoms with E-state index < -0.39 is 0 Å². The highest BCUT2D eigenvalue weighted by Gasteiger charge is 2.25. The lowest BCUT2D eigenvalue weighted by Gasteiger charge is -2.33. The van der Waals surface area contributed by atoms with Crippen molar-refractivity contribution in [1.82, 2.24) is 14.9 Å². The number of nitrogens with one attached hydrogen (secondary N) is 2. The van der Waals surface area contributed by atoms with E-state index >= 15 is 0 Å². The molecular weight excluding hydrogens is 502 g/mol. The van der Waals surface area contributed by atoms with Crippen molar-refractivity contribution in [3.8, 4) is 17.4 Å². The van der Waals surface area contributed by atoms with Gasteiger partial charge in [-0.2, -0.15) is 4.98 Å². The lowest BCUT2D eigenvalue weighted by molar-refractivity contribution is -0.111. The first kappa shape index (κ1) is 27.4. The smallest absolute Gasteiger partial charge is 0.247 e. The summed E-state index contributed by atoms with van der Waals surface area (Å²) in [6.45, 7) is 5.59. The van der Waals surface area contributed by atoms with E-state index in [0.29, 0.717) is 29.3 Å². The molecule has 0 spiro atoms. The molecule has 3 aromatic rings. The maximum absolute atomic E-state index is 11.6. The molecular formula is C29H34ClN5O3. The van der Waals surface area contributed by atoms with Crippen LogP contribution in [0.4, 0.5) is 17.3 Å². The van der Waals surface area contributed by atoms with Crippen LogP contribution in [0.5, 0.6) is 17.4 Å². The van der Waals surface area contributed by atoms with Crippen LogP contribution in [0, 0.1) is 6.92 Å². The zero-order valence-corrected chi connectivity index (χ0v) is 23.0. The predicted octanol–water partition coefficient (Wildman–Crippen LogP) is 6.70. The SMILES string of the molecule is C=CC(=O)Nc1cccc(Oc2nc(Nc3cc(C)c(C4CCC(N(C)C)CC4)cc3OC)ncc2Cl)c1. The van der Waals surface area contributed by atoms with Crippen LogP contribution in [0.25, 0.3) is 0 Å². The molecule has 0 bridgehead atoms. The van der Waals surface area contributed by atoms with Crippen molar-refractivity contribution in [1.29, 1.82) is 0 Å². The van der Waals surface area contributed by atoms with Gasteiger partial charge in [-0.25, -0.2) is 4.98 Å². The molecule has 9 heteroatoms. The van der Waals surface area contributed by atoms with Crippen molar-refractivity contribution in [2.24, 2.45) is 0 Å². The number of carbonyl (C=O) groups is 1. The Labute approximate surface area is 229 Å². The second-order valence-corrected chi connectivity index (χ2v) is 10.1. The van der Waals surface area contributed by atoms with Crippen molar-refractivity contribution in [3.05, 3.63) is 71.4 Å². The molecule has 200 valence electrons. The molecule has 0 atom stereocenters. The standard InChI is InChI=1S/C29H34ClN5O3/c1-6-27(36)32-20-8-7-9-22(15-20)38-28-24(30)17-31-29(34-28)33-25-14-18(2)23(16-26(25)37-5)19-10-12-21(13-11-19)35(3)4/h6-9,14-17,19,21H,1,10-13H2,2-5H3,(H,32,36)(H,31,33,34). The van der Waals surface area contributed by atoms with Crippen LogP contribution in [-0.2, 0) is 4.79 Å². The van der Waals surface area contributed by atoms with Crippen LogP contribution in [0.3, 0.4) is 0 Å². The average molecular weight is 536 g/mol. The van der Waals surface area contributed by atoms with Crippen molar-refractivity contribution in [2.75, 3.05) is 31.8 Å². The number of anilines is 3.